The first-order chi connectivity index (χ1) is 11.5. The zero-order valence-corrected chi connectivity index (χ0v) is 14.3. The van der Waals surface area contributed by atoms with Crippen LogP contribution in [-0.2, 0) is 13.1 Å². The Morgan fingerprint density at radius 1 is 1.29 bits per heavy atom. The third-order valence-electron chi connectivity index (χ3n) is 3.65. The van der Waals surface area contributed by atoms with E-state index in [2.05, 4.69) is 15.5 Å². The molecule has 3 aromatic rings. The van der Waals surface area contributed by atoms with Crippen LogP contribution in [0.1, 0.15) is 28.5 Å². The van der Waals surface area contributed by atoms with Crippen LogP contribution >= 0.6 is 11.6 Å². The molecule has 3 rings (SSSR count). The number of nitrogens with one attached hydrogen (secondary N) is 1. The number of aryl methyl sites for hydroxylation is 2. The Hall–Kier alpha value is -2.60. The quantitative estimate of drug-likeness (QED) is 0.772. The van der Waals surface area contributed by atoms with Gasteiger partial charge in [0.05, 0.1) is 29.0 Å². The maximum absolute atomic E-state index is 12.4. The molecule has 0 atom stereocenters. The lowest BCUT2D eigenvalue weighted by Gasteiger charge is -2.07. The van der Waals surface area contributed by atoms with Gasteiger partial charge < -0.3 is 5.32 Å². The van der Waals surface area contributed by atoms with E-state index in [0.29, 0.717) is 17.1 Å². The van der Waals surface area contributed by atoms with Crippen LogP contribution in [0.15, 0.2) is 42.9 Å². The van der Waals surface area contributed by atoms with Crippen LogP contribution in [0.2, 0.25) is 5.02 Å². The molecule has 1 amide bonds. The fourth-order valence-corrected chi connectivity index (χ4v) is 2.62. The second-order valence-electron chi connectivity index (χ2n) is 5.49. The number of carbonyl (C=O) groups is 1. The van der Waals surface area contributed by atoms with Crippen LogP contribution in [0.5, 0.6) is 0 Å². The molecule has 0 aliphatic carbocycles. The number of carbonyl (C=O) groups excluding carboxylic acids is 1. The van der Waals surface area contributed by atoms with Gasteiger partial charge in [-0.3, -0.25) is 14.2 Å². The largest absolute Gasteiger partial charge is 0.322 e. The Balaban J connectivity index is 1.74. The van der Waals surface area contributed by atoms with Crippen LogP contribution in [0, 0.1) is 6.92 Å². The minimum atomic E-state index is -0.161. The molecule has 124 valence electrons. The van der Waals surface area contributed by atoms with E-state index in [1.165, 1.54) is 0 Å². The SMILES string of the molecule is CCn1cc(C(=O)Nc2cccc(Cn3cc(Cl)cn3)c2)c(C)n1. The Labute approximate surface area is 145 Å². The van der Waals surface area contributed by atoms with Crippen molar-refractivity contribution in [3.05, 3.63) is 64.7 Å². The molecule has 0 bridgehead atoms. The molecular formula is C17H18ClN5O. The Kier molecular flexibility index (Phi) is 4.66. The van der Waals surface area contributed by atoms with Gasteiger partial charge in [0.25, 0.3) is 5.91 Å². The van der Waals surface area contributed by atoms with Gasteiger partial charge in [0.2, 0.25) is 0 Å². The van der Waals surface area contributed by atoms with Gasteiger partial charge in [0.15, 0.2) is 0 Å². The van der Waals surface area contributed by atoms with Crippen molar-refractivity contribution in [2.75, 3.05) is 5.32 Å². The molecule has 0 fully saturated rings. The topological polar surface area (TPSA) is 64.7 Å². The molecule has 24 heavy (non-hydrogen) atoms. The third-order valence-corrected chi connectivity index (χ3v) is 3.84. The van der Waals surface area contributed by atoms with E-state index in [4.69, 9.17) is 11.6 Å². The maximum atomic E-state index is 12.4. The molecule has 0 aliphatic heterocycles. The number of benzene rings is 1. The summed E-state index contributed by atoms with van der Waals surface area (Å²) < 4.78 is 3.50. The molecule has 0 radical (unpaired) electrons. The summed E-state index contributed by atoms with van der Waals surface area (Å²) in [5, 5.41) is 12.0. The summed E-state index contributed by atoms with van der Waals surface area (Å²) in [6.45, 7) is 5.14. The number of aromatic nitrogens is 4. The highest BCUT2D eigenvalue weighted by Crippen LogP contribution is 2.15. The predicted molar refractivity (Wildman–Crippen MR) is 93.4 cm³/mol. The van der Waals surface area contributed by atoms with Crippen molar-refractivity contribution in [2.24, 2.45) is 0 Å². The van der Waals surface area contributed by atoms with E-state index in [1.54, 1.807) is 28.0 Å². The average molecular weight is 344 g/mol. The van der Waals surface area contributed by atoms with Gasteiger partial charge in [0, 0.05) is 24.6 Å². The van der Waals surface area contributed by atoms with Crippen molar-refractivity contribution in [1.29, 1.82) is 0 Å². The van der Waals surface area contributed by atoms with Crippen LogP contribution in [0.25, 0.3) is 0 Å². The lowest BCUT2D eigenvalue weighted by Crippen LogP contribution is -2.12. The lowest BCUT2D eigenvalue weighted by atomic mass is 10.2. The molecule has 2 heterocycles. The number of anilines is 1. The third kappa shape index (κ3) is 3.65. The minimum absolute atomic E-state index is 0.161. The highest BCUT2D eigenvalue weighted by molar-refractivity contribution is 6.30. The van der Waals surface area contributed by atoms with E-state index in [0.717, 1.165) is 23.5 Å². The summed E-state index contributed by atoms with van der Waals surface area (Å²) in [6.07, 6.45) is 5.12. The van der Waals surface area contributed by atoms with Crippen LogP contribution in [0.3, 0.4) is 0 Å². The molecule has 0 aliphatic rings. The highest BCUT2D eigenvalue weighted by atomic mass is 35.5. The fraction of sp³-hybridized carbons (Fsp3) is 0.235. The molecule has 2 aromatic heterocycles. The zero-order chi connectivity index (χ0) is 17.1. The number of hydrogen-bond donors (Lipinski definition) is 1. The second kappa shape index (κ2) is 6.88. The molecule has 0 saturated heterocycles. The lowest BCUT2D eigenvalue weighted by molar-refractivity contribution is 0.102. The molecule has 6 nitrogen and oxygen atoms in total. The molecular weight excluding hydrogens is 326 g/mol. The van der Waals surface area contributed by atoms with E-state index in [1.807, 2.05) is 38.1 Å². The van der Waals surface area contributed by atoms with E-state index in [9.17, 15) is 4.79 Å². The van der Waals surface area contributed by atoms with Gasteiger partial charge in [-0.05, 0) is 31.5 Å². The summed E-state index contributed by atoms with van der Waals surface area (Å²) >= 11 is 5.88. The fourth-order valence-electron chi connectivity index (χ4n) is 2.46. The maximum Gasteiger partial charge on any atom is 0.259 e. The molecule has 7 heteroatoms. The molecule has 0 saturated carbocycles. The Morgan fingerprint density at radius 3 is 2.79 bits per heavy atom. The number of rotatable bonds is 5. The van der Waals surface area contributed by atoms with Crippen molar-refractivity contribution >= 4 is 23.2 Å². The normalized spacial score (nSPS) is 10.8. The molecule has 0 unspecified atom stereocenters. The first-order valence-electron chi connectivity index (χ1n) is 7.67. The van der Waals surface area contributed by atoms with Gasteiger partial charge in [-0.15, -0.1) is 0 Å². The Bertz CT molecular complexity index is 868. The number of hydrogen-bond acceptors (Lipinski definition) is 3. The van der Waals surface area contributed by atoms with Gasteiger partial charge in [-0.2, -0.15) is 10.2 Å². The summed E-state index contributed by atoms with van der Waals surface area (Å²) in [4.78, 5) is 12.4. The van der Waals surface area contributed by atoms with Crippen molar-refractivity contribution < 1.29 is 4.79 Å². The number of halogens is 1. The molecule has 1 N–H and O–H groups in total. The summed E-state index contributed by atoms with van der Waals surface area (Å²) in [5.74, 6) is -0.161. The van der Waals surface area contributed by atoms with E-state index in [-0.39, 0.29) is 5.91 Å². The van der Waals surface area contributed by atoms with Crippen LogP contribution in [-0.4, -0.2) is 25.5 Å². The van der Waals surface area contributed by atoms with E-state index < -0.39 is 0 Å². The second-order valence-corrected chi connectivity index (χ2v) is 5.93. The van der Waals surface area contributed by atoms with Gasteiger partial charge in [-0.1, -0.05) is 23.7 Å². The van der Waals surface area contributed by atoms with Crippen molar-refractivity contribution in [1.82, 2.24) is 19.6 Å². The first-order valence-corrected chi connectivity index (χ1v) is 8.05. The Morgan fingerprint density at radius 2 is 2.12 bits per heavy atom. The number of nitrogens with zero attached hydrogens (tertiary/aromatic N) is 4. The van der Waals surface area contributed by atoms with E-state index >= 15 is 0 Å². The van der Waals surface area contributed by atoms with Gasteiger partial charge >= 0.3 is 0 Å². The van der Waals surface area contributed by atoms with Gasteiger partial charge in [-0.25, -0.2) is 0 Å². The minimum Gasteiger partial charge on any atom is -0.322 e. The van der Waals surface area contributed by atoms with Crippen molar-refractivity contribution in [3.63, 3.8) is 0 Å². The average Bonchev–Trinajstić information content (AvgIpc) is 3.13. The van der Waals surface area contributed by atoms with Crippen molar-refractivity contribution in [2.45, 2.75) is 26.9 Å². The monoisotopic (exact) mass is 343 g/mol. The van der Waals surface area contributed by atoms with Gasteiger partial charge in [0.1, 0.15) is 0 Å². The summed E-state index contributed by atoms with van der Waals surface area (Å²) in [7, 11) is 0. The predicted octanol–water partition coefficient (Wildman–Crippen LogP) is 3.36. The van der Waals surface area contributed by atoms with Crippen LogP contribution < -0.4 is 5.32 Å². The zero-order valence-electron chi connectivity index (χ0n) is 13.5. The summed E-state index contributed by atoms with van der Waals surface area (Å²) in [5.41, 5.74) is 3.06. The van der Waals surface area contributed by atoms with Crippen molar-refractivity contribution in [3.8, 4) is 0 Å². The summed E-state index contributed by atoms with van der Waals surface area (Å²) in [6, 6.07) is 7.66. The smallest absolute Gasteiger partial charge is 0.259 e. The molecule has 0 spiro atoms. The molecule has 1 aromatic carbocycles. The highest BCUT2D eigenvalue weighted by Gasteiger charge is 2.13. The first kappa shape index (κ1) is 16.3. The standard InChI is InChI=1S/C17H18ClN5O/c1-3-22-11-16(12(2)21-22)17(24)20-15-6-4-5-13(7-15)9-23-10-14(18)8-19-23/h4-8,10-11H,3,9H2,1-2H3,(H,20,24). The number of amides is 1. The van der Waals surface area contributed by atoms with Crippen LogP contribution in [0.4, 0.5) is 5.69 Å².